The van der Waals surface area contributed by atoms with Crippen LogP contribution in [0.3, 0.4) is 0 Å². The van der Waals surface area contributed by atoms with Gasteiger partial charge in [0.25, 0.3) is 0 Å². The number of piperidine rings is 1. The Morgan fingerprint density at radius 3 is 2.57 bits per heavy atom. The maximum Gasteiger partial charge on any atom is 0.243 e. The molecule has 0 spiro atoms. The molecule has 1 aliphatic carbocycles. The lowest BCUT2D eigenvalue weighted by Gasteiger charge is -2.32. The van der Waals surface area contributed by atoms with Crippen molar-refractivity contribution in [2.75, 3.05) is 24.5 Å². The van der Waals surface area contributed by atoms with Gasteiger partial charge in [0.1, 0.15) is 6.54 Å². The van der Waals surface area contributed by atoms with Crippen LogP contribution in [-0.2, 0) is 32.5 Å². The summed E-state index contributed by atoms with van der Waals surface area (Å²) in [6.07, 6.45) is 5.38. The smallest absolute Gasteiger partial charge is 0.243 e. The van der Waals surface area contributed by atoms with E-state index in [1.54, 1.807) is 22.5 Å². The summed E-state index contributed by atoms with van der Waals surface area (Å²) in [6.45, 7) is 3.16. The number of nitrogens with zero attached hydrogens (tertiary/aromatic N) is 2. The molecular formula is C27H33N3O4S. The SMILES string of the molecule is CC1CCN(S(=O)(=O)c2ccc3c(c2)CCC(=O)N3CC(=O)NC2CCCc3ccccc32)CC1. The van der Waals surface area contributed by atoms with Gasteiger partial charge in [-0.3, -0.25) is 9.59 Å². The number of hydrogen-bond acceptors (Lipinski definition) is 4. The standard InChI is InChI=1S/C27H33N3O4S/c1-19-13-15-29(16-14-19)35(33,34)22-10-11-25-21(17-22)9-12-27(32)30(25)18-26(31)28-24-8-4-6-20-5-2-3-7-23(20)24/h2-3,5,7,10-11,17,19,24H,4,6,8-9,12-16,18H2,1H3,(H,28,31). The Kier molecular flexibility index (Phi) is 6.68. The zero-order chi connectivity index (χ0) is 24.6. The Morgan fingerprint density at radius 1 is 1.00 bits per heavy atom. The average Bonchev–Trinajstić information content (AvgIpc) is 2.86. The van der Waals surface area contributed by atoms with Crippen LogP contribution in [0.5, 0.6) is 0 Å². The van der Waals surface area contributed by atoms with Gasteiger partial charge in [0.2, 0.25) is 21.8 Å². The first-order chi connectivity index (χ1) is 16.8. The summed E-state index contributed by atoms with van der Waals surface area (Å²) in [5, 5.41) is 3.12. The lowest BCUT2D eigenvalue weighted by Crippen LogP contribution is -2.44. The van der Waals surface area contributed by atoms with Crippen LogP contribution in [0.2, 0.25) is 0 Å². The summed E-state index contributed by atoms with van der Waals surface area (Å²) in [5.74, 6) is 0.224. The molecule has 0 radical (unpaired) electrons. The van der Waals surface area contributed by atoms with Crippen molar-refractivity contribution in [3.63, 3.8) is 0 Å². The molecular weight excluding hydrogens is 462 g/mol. The van der Waals surface area contributed by atoms with Crippen LogP contribution >= 0.6 is 0 Å². The molecule has 0 aromatic heterocycles. The largest absolute Gasteiger partial charge is 0.348 e. The van der Waals surface area contributed by atoms with Gasteiger partial charge >= 0.3 is 0 Å². The minimum atomic E-state index is -3.57. The Hall–Kier alpha value is -2.71. The Morgan fingerprint density at radius 2 is 1.77 bits per heavy atom. The summed E-state index contributed by atoms with van der Waals surface area (Å²) >= 11 is 0. The number of sulfonamides is 1. The highest BCUT2D eigenvalue weighted by atomic mass is 32.2. The molecule has 1 saturated heterocycles. The maximum atomic E-state index is 13.2. The molecule has 3 aliphatic rings. The Bertz CT molecular complexity index is 1230. The second kappa shape index (κ2) is 9.74. The summed E-state index contributed by atoms with van der Waals surface area (Å²) in [7, 11) is -3.57. The summed E-state index contributed by atoms with van der Waals surface area (Å²) in [4.78, 5) is 27.5. The number of hydrogen-bond donors (Lipinski definition) is 1. The van der Waals surface area contributed by atoms with Gasteiger partial charge in [-0.1, -0.05) is 31.2 Å². The van der Waals surface area contributed by atoms with E-state index in [4.69, 9.17) is 0 Å². The predicted molar refractivity (Wildman–Crippen MR) is 135 cm³/mol. The van der Waals surface area contributed by atoms with Gasteiger partial charge in [-0.15, -0.1) is 0 Å². The van der Waals surface area contributed by atoms with Crippen molar-refractivity contribution in [3.05, 3.63) is 59.2 Å². The normalized spacial score (nSPS) is 21.3. The molecule has 186 valence electrons. The van der Waals surface area contributed by atoms with Crippen molar-refractivity contribution in [1.29, 1.82) is 0 Å². The number of fused-ring (bicyclic) bond motifs is 2. The minimum absolute atomic E-state index is 0.0495. The molecule has 2 aliphatic heterocycles. The maximum absolute atomic E-state index is 13.2. The summed E-state index contributed by atoms with van der Waals surface area (Å²) in [6, 6.07) is 13.1. The van der Waals surface area contributed by atoms with Crippen molar-refractivity contribution in [1.82, 2.24) is 9.62 Å². The fourth-order valence-electron chi connectivity index (χ4n) is 5.53. The minimum Gasteiger partial charge on any atom is -0.348 e. The Labute approximate surface area is 207 Å². The third kappa shape index (κ3) is 4.86. The first-order valence-corrected chi connectivity index (χ1v) is 14.1. The molecule has 7 nitrogen and oxygen atoms in total. The van der Waals surface area contributed by atoms with Gasteiger partial charge in [0.05, 0.1) is 10.9 Å². The molecule has 0 bridgehead atoms. The third-order valence-corrected chi connectivity index (χ3v) is 9.53. The first-order valence-electron chi connectivity index (χ1n) is 12.6. The molecule has 1 fully saturated rings. The van der Waals surface area contributed by atoms with Gasteiger partial charge in [-0.25, -0.2) is 8.42 Å². The van der Waals surface area contributed by atoms with Crippen LogP contribution in [0, 0.1) is 5.92 Å². The van der Waals surface area contributed by atoms with Crippen molar-refractivity contribution >= 4 is 27.5 Å². The number of nitrogens with one attached hydrogen (secondary N) is 1. The lowest BCUT2D eigenvalue weighted by molar-refractivity contribution is -0.124. The average molecular weight is 496 g/mol. The highest BCUT2D eigenvalue weighted by Gasteiger charge is 2.32. The van der Waals surface area contributed by atoms with E-state index >= 15 is 0 Å². The molecule has 2 aromatic rings. The molecule has 2 amide bonds. The second-order valence-electron chi connectivity index (χ2n) is 10.1. The number of benzene rings is 2. The molecule has 1 unspecified atom stereocenters. The topological polar surface area (TPSA) is 86.8 Å². The van der Waals surface area contributed by atoms with E-state index in [-0.39, 0.29) is 35.7 Å². The van der Waals surface area contributed by atoms with Gasteiger partial charge < -0.3 is 10.2 Å². The number of anilines is 1. The van der Waals surface area contributed by atoms with E-state index in [0.717, 1.165) is 43.2 Å². The Balaban J connectivity index is 1.32. The van der Waals surface area contributed by atoms with Crippen LogP contribution in [0.1, 0.15) is 61.8 Å². The molecule has 2 aromatic carbocycles. The lowest BCUT2D eigenvalue weighted by atomic mass is 9.88. The molecule has 8 heteroatoms. The quantitative estimate of drug-likeness (QED) is 0.687. The zero-order valence-electron chi connectivity index (χ0n) is 20.2. The van der Waals surface area contributed by atoms with E-state index in [1.165, 1.54) is 10.5 Å². The van der Waals surface area contributed by atoms with Gasteiger partial charge in [-0.05, 0) is 79.3 Å². The monoisotopic (exact) mass is 495 g/mol. The molecule has 5 rings (SSSR count). The summed E-state index contributed by atoms with van der Waals surface area (Å²) in [5.41, 5.74) is 3.85. The number of carbonyl (C=O) groups excluding carboxylic acids is 2. The summed E-state index contributed by atoms with van der Waals surface area (Å²) < 4.78 is 28.0. The van der Waals surface area contributed by atoms with Crippen molar-refractivity contribution in [2.24, 2.45) is 5.92 Å². The van der Waals surface area contributed by atoms with E-state index < -0.39 is 10.0 Å². The fraction of sp³-hybridized carbons (Fsp3) is 0.481. The van der Waals surface area contributed by atoms with E-state index in [2.05, 4.69) is 24.4 Å². The van der Waals surface area contributed by atoms with Crippen LogP contribution in [-0.4, -0.2) is 44.2 Å². The zero-order valence-corrected chi connectivity index (χ0v) is 21.0. The first kappa shape index (κ1) is 24.0. The fourth-order valence-corrected chi connectivity index (χ4v) is 7.05. The van der Waals surface area contributed by atoms with Crippen molar-refractivity contribution < 1.29 is 18.0 Å². The highest BCUT2D eigenvalue weighted by molar-refractivity contribution is 7.89. The highest BCUT2D eigenvalue weighted by Crippen LogP contribution is 2.33. The van der Waals surface area contributed by atoms with E-state index in [0.29, 0.717) is 31.1 Å². The van der Waals surface area contributed by atoms with Gasteiger partial charge in [0.15, 0.2) is 0 Å². The predicted octanol–water partition coefficient (Wildman–Crippen LogP) is 3.58. The molecule has 35 heavy (non-hydrogen) atoms. The van der Waals surface area contributed by atoms with Crippen LogP contribution in [0.4, 0.5) is 5.69 Å². The van der Waals surface area contributed by atoms with Crippen molar-refractivity contribution in [3.8, 4) is 0 Å². The number of aryl methyl sites for hydroxylation is 2. The molecule has 0 saturated carbocycles. The van der Waals surface area contributed by atoms with Crippen LogP contribution in [0.15, 0.2) is 47.4 Å². The van der Waals surface area contributed by atoms with Gasteiger partial charge in [0, 0.05) is 25.2 Å². The van der Waals surface area contributed by atoms with E-state index in [1.807, 2.05) is 12.1 Å². The van der Waals surface area contributed by atoms with Gasteiger partial charge in [-0.2, -0.15) is 4.31 Å². The number of rotatable bonds is 5. The third-order valence-electron chi connectivity index (χ3n) is 7.64. The number of amides is 2. The van der Waals surface area contributed by atoms with Crippen LogP contribution < -0.4 is 10.2 Å². The molecule has 1 atom stereocenters. The second-order valence-corrected chi connectivity index (χ2v) is 12.0. The van der Waals surface area contributed by atoms with E-state index in [9.17, 15) is 18.0 Å². The molecule has 1 N–H and O–H groups in total. The molecule has 2 heterocycles. The van der Waals surface area contributed by atoms with Crippen LogP contribution in [0.25, 0.3) is 0 Å². The number of carbonyl (C=O) groups is 2. The van der Waals surface area contributed by atoms with Crippen molar-refractivity contribution in [2.45, 2.75) is 62.8 Å².